The average Bonchev–Trinajstić information content (AvgIpc) is 3.11. The zero-order valence-electron chi connectivity index (χ0n) is 23.1. The molecule has 38 heavy (non-hydrogen) atoms. The lowest BCUT2D eigenvalue weighted by atomic mass is 9.44. The first-order valence-corrected chi connectivity index (χ1v) is 13.5. The molecule has 2 aliphatic heterocycles. The number of esters is 2. The Bertz CT molecular complexity index is 1190. The number of rotatable bonds is 4. The molecule has 1 spiro atoms. The van der Waals surface area contributed by atoms with Crippen LogP contribution in [-0.2, 0) is 33.3 Å². The molecule has 6 rings (SSSR count). The van der Waals surface area contributed by atoms with Gasteiger partial charge in [0.05, 0.1) is 37.9 Å². The van der Waals surface area contributed by atoms with Gasteiger partial charge in [-0.3, -0.25) is 9.59 Å². The van der Waals surface area contributed by atoms with E-state index < -0.39 is 63.6 Å². The number of epoxide rings is 1. The minimum Gasteiger partial charge on any atom is -0.472 e. The lowest BCUT2D eigenvalue weighted by Gasteiger charge is -2.56. The van der Waals surface area contributed by atoms with Gasteiger partial charge in [0.2, 0.25) is 6.10 Å². The minimum absolute atomic E-state index is 0.00999. The van der Waals surface area contributed by atoms with Gasteiger partial charge in [0.1, 0.15) is 17.0 Å². The van der Waals surface area contributed by atoms with Gasteiger partial charge in [-0.15, -0.1) is 0 Å². The van der Waals surface area contributed by atoms with Crippen molar-refractivity contribution in [2.75, 3.05) is 7.11 Å². The summed E-state index contributed by atoms with van der Waals surface area (Å²) in [7, 11) is 1.25. The second-order valence-electron chi connectivity index (χ2n) is 13.3. The lowest BCUT2D eigenvalue weighted by Crippen LogP contribution is -2.65. The second kappa shape index (κ2) is 7.70. The van der Waals surface area contributed by atoms with Crippen molar-refractivity contribution in [3.63, 3.8) is 0 Å². The third-order valence-electron chi connectivity index (χ3n) is 11.4. The van der Waals surface area contributed by atoms with Crippen molar-refractivity contribution in [3.05, 3.63) is 24.2 Å². The fraction of sp³-hybridized carbons (Fsp3) is 0.759. The molecule has 0 amide bonds. The van der Waals surface area contributed by atoms with Crippen molar-refractivity contribution < 1.29 is 42.9 Å². The van der Waals surface area contributed by atoms with E-state index in [4.69, 9.17) is 23.4 Å². The van der Waals surface area contributed by atoms with E-state index in [2.05, 4.69) is 6.92 Å². The zero-order chi connectivity index (χ0) is 27.6. The molecule has 3 saturated carbocycles. The highest BCUT2D eigenvalue weighted by atomic mass is 16.7. The summed E-state index contributed by atoms with van der Waals surface area (Å²) in [5.41, 5.74) is -2.81. The summed E-state index contributed by atoms with van der Waals surface area (Å²) in [4.78, 5) is 38.9. The van der Waals surface area contributed by atoms with Crippen molar-refractivity contribution in [1.29, 1.82) is 0 Å². The molecule has 1 aromatic rings. The number of Topliss-reactive ketones (excluding diaryl/α,β-unsaturated/α-hetero) is 1. The summed E-state index contributed by atoms with van der Waals surface area (Å²) in [6.45, 7) is 11.1. The van der Waals surface area contributed by atoms with Gasteiger partial charge in [0.15, 0.2) is 0 Å². The zero-order valence-corrected chi connectivity index (χ0v) is 23.1. The molecule has 1 N–H and O–H groups in total. The summed E-state index contributed by atoms with van der Waals surface area (Å²) in [6, 6.07) is 1.95. The van der Waals surface area contributed by atoms with Crippen LogP contribution in [0, 0.1) is 28.1 Å². The van der Waals surface area contributed by atoms with Crippen molar-refractivity contribution >= 4 is 17.7 Å². The fourth-order valence-electron chi connectivity index (χ4n) is 10.1. The van der Waals surface area contributed by atoms with Gasteiger partial charge in [0, 0.05) is 41.4 Å². The largest absolute Gasteiger partial charge is 0.472 e. The van der Waals surface area contributed by atoms with Gasteiger partial charge >= 0.3 is 11.9 Å². The highest BCUT2D eigenvalue weighted by Gasteiger charge is 2.91. The van der Waals surface area contributed by atoms with E-state index in [0.29, 0.717) is 12.8 Å². The molecule has 11 unspecified atom stereocenters. The number of ether oxygens (including phenoxy) is 4. The number of ketones is 1. The third kappa shape index (κ3) is 2.80. The van der Waals surface area contributed by atoms with Gasteiger partial charge in [-0.05, 0) is 37.3 Å². The van der Waals surface area contributed by atoms with E-state index in [9.17, 15) is 19.5 Å². The first kappa shape index (κ1) is 26.0. The number of aliphatic hydroxyl groups excluding tert-OH is 1. The summed E-state index contributed by atoms with van der Waals surface area (Å²) in [6.07, 6.45) is 1.95. The first-order chi connectivity index (χ1) is 17.7. The van der Waals surface area contributed by atoms with Crippen LogP contribution >= 0.6 is 0 Å². The number of aliphatic hydroxyl groups is 1. The van der Waals surface area contributed by atoms with Crippen LogP contribution in [0.15, 0.2) is 23.0 Å². The second-order valence-corrected chi connectivity index (χ2v) is 13.3. The number of furan rings is 1. The van der Waals surface area contributed by atoms with E-state index >= 15 is 0 Å². The molecule has 5 fully saturated rings. The SMILES string of the molecule is COC(=O)C(OC(C)=O)C1C(C)(C)C(=O)CC2OC3CC4(C)C(c5ccoc5)CC(O)C45OC5(C)C3C21C. The molecule has 5 aliphatic rings. The van der Waals surface area contributed by atoms with Crippen molar-refractivity contribution in [2.24, 2.45) is 28.1 Å². The van der Waals surface area contributed by atoms with Crippen LogP contribution in [0.5, 0.6) is 0 Å². The van der Waals surface area contributed by atoms with Gasteiger partial charge in [-0.25, -0.2) is 4.79 Å². The van der Waals surface area contributed by atoms with Crippen molar-refractivity contribution in [1.82, 2.24) is 0 Å². The fourth-order valence-corrected chi connectivity index (χ4v) is 10.1. The third-order valence-corrected chi connectivity index (χ3v) is 11.4. The molecule has 0 aromatic carbocycles. The Morgan fingerprint density at radius 3 is 2.50 bits per heavy atom. The molecule has 0 radical (unpaired) electrons. The molecular formula is C29H38O9. The van der Waals surface area contributed by atoms with E-state index in [1.807, 2.05) is 33.8 Å². The molecule has 0 bridgehead atoms. The smallest absolute Gasteiger partial charge is 0.347 e. The molecule has 2 saturated heterocycles. The first-order valence-electron chi connectivity index (χ1n) is 13.5. The number of hydrogen-bond acceptors (Lipinski definition) is 9. The van der Waals surface area contributed by atoms with Crippen LogP contribution in [0.4, 0.5) is 0 Å². The Labute approximate surface area is 222 Å². The quantitative estimate of drug-likeness (QED) is 0.462. The lowest BCUT2D eigenvalue weighted by molar-refractivity contribution is -0.192. The Morgan fingerprint density at radius 2 is 1.89 bits per heavy atom. The summed E-state index contributed by atoms with van der Waals surface area (Å²) in [5, 5.41) is 11.6. The predicted molar refractivity (Wildman–Crippen MR) is 132 cm³/mol. The van der Waals surface area contributed by atoms with E-state index in [0.717, 1.165) is 5.56 Å². The van der Waals surface area contributed by atoms with Crippen LogP contribution < -0.4 is 0 Å². The Hall–Kier alpha value is -2.23. The highest BCUT2D eigenvalue weighted by Crippen LogP contribution is 2.81. The van der Waals surface area contributed by atoms with Gasteiger partial charge < -0.3 is 28.5 Å². The number of fused-ring (bicyclic) bond motifs is 4. The molecule has 9 heteroatoms. The van der Waals surface area contributed by atoms with Gasteiger partial charge in [-0.1, -0.05) is 27.7 Å². The summed E-state index contributed by atoms with van der Waals surface area (Å²) < 4.78 is 29.7. The maximum atomic E-state index is 13.6. The Kier molecular flexibility index (Phi) is 5.27. The Morgan fingerprint density at radius 1 is 1.18 bits per heavy atom. The maximum Gasteiger partial charge on any atom is 0.347 e. The highest BCUT2D eigenvalue weighted by molar-refractivity contribution is 5.88. The van der Waals surface area contributed by atoms with E-state index in [1.54, 1.807) is 12.5 Å². The standard InChI is InChI=1S/C29H38O9/c1-14(30)36-21(24(33)34-7)23-25(2,3)18(31)11-20-27(23,5)22-17(37-20)12-26(4)16(15-8-9-35-13-15)10-19(32)29(26)28(22,6)38-29/h8-9,13,16-17,19-23,32H,10-12H2,1-7H3. The summed E-state index contributed by atoms with van der Waals surface area (Å²) in [5.74, 6) is -2.35. The number of carbonyl (C=O) groups excluding carboxylic acids is 3. The molecule has 11 atom stereocenters. The Balaban J connectivity index is 1.49. The van der Waals surface area contributed by atoms with Gasteiger partial charge in [-0.2, -0.15) is 0 Å². The van der Waals surface area contributed by atoms with Crippen LogP contribution in [-0.4, -0.2) is 65.6 Å². The number of hydrogen-bond donors (Lipinski definition) is 1. The monoisotopic (exact) mass is 530 g/mol. The van der Waals surface area contributed by atoms with E-state index in [1.165, 1.54) is 14.0 Å². The molecule has 3 aliphatic carbocycles. The van der Waals surface area contributed by atoms with Crippen molar-refractivity contribution in [2.45, 2.75) is 102 Å². The minimum atomic E-state index is -1.29. The number of carbonyl (C=O) groups is 3. The predicted octanol–water partition coefficient (Wildman–Crippen LogP) is 3.18. The molecule has 9 nitrogen and oxygen atoms in total. The van der Waals surface area contributed by atoms with Crippen molar-refractivity contribution in [3.8, 4) is 0 Å². The van der Waals surface area contributed by atoms with Crippen LogP contribution in [0.3, 0.4) is 0 Å². The van der Waals surface area contributed by atoms with Crippen LogP contribution in [0.1, 0.15) is 72.3 Å². The molecule has 3 heterocycles. The molecule has 1 aromatic heterocycles. The van der Waals surface area contributed by atoms with Crippen LogP contribution in [0.25, 0.3) is 0 Å². The molecular weight excluding hydrogens is 492 g/mol. The van der Waals surface area contributed by atoms with E-state index in [-0.39, 0.29) is 30.1 Å². The molecule has 208 valence electrons. The normalized spacial score (nSPS) is 48.8. The average molecular weight is 531 g/mol. The maximum absolute atomic E-state index is 13.6. The van der Waals surface area contributed by atoms with Crippen LogP contribution in [0.2, 0.25) is 0 Å². The number of methoxy groups -OCH3 is 1. The summed E-state index contributed by atoms with van der Waals surface area (Å²) >= 11 is 0. The topological polar surface area (TPSA) is 125 Å². The van der Waals surface area contributed by atoms with Gasteiger partial charge in [0.25, 0.3) is 0 Å².